The largest absolute Gasteiger partial charge is 0.345 e. The molecule has 5 aromatic rings. The van der Waals surface area contributed by atoms with Gasteiger partial charge >= 0.3 is 0 Å². The summed E-state index contributed by atoms with van der Waals surface area (Å²) in [6.45, 7) is 5.22. The van der Waals surface area contributed by atoms with E-state index < -0.39 is 0 Å². The maximum absolute atomic E-state index is 6.21. The molecule has 0 fully saturated rings. The van der Waals surface area contributed by atoms with Crippen molar-refractivity contribution in [2.45, 2.75) is 39.7 Å². The van der Waals surface area contributed by atoms with Crippen LogP contribution in [-0.4, -0.2) is 14.0 Å². The molecular weight excluding hydrogens is 482 g/mol. The molecule has 0 amide bonds. The number of nitrogens with one attached hydrogen (secondary N) is 1. The average Bonchev–Trinajstić information content (AvgIpc) is 3.29. The summed E-state index contributed by atoms with van der Waals surface area (Å²) in [4.78, 5) is 0.738. The van der Waals surface area contributed by atoms with E-state index in [1.165, 1.54) is 39.2 Å². The molecule has 3 aromatic carbocycles. The summed E-state index contributed by atoms with van der Waals surface area (Å²) >= 11 is 12.4. The van der Waals surface area contributed by atoms with E-state index in [2.05, 4.69) is 88.9 Å². The number of para-hydroxylation sites is 1. The van der Waals surface area contributed by atoms with Crippen molar-refractivity contribution in [3.8, 4) is 22.4 Å². The second-order valence-electron chi connectivity index (χ2n) is 9.66. The maximum Gasteiger partial charge on any atom is 0.128 e. The Morgan fingerprint density at radius 2 is 1.61 bits per heavy atom. The van der Waals surface area contributed by atoms with Gasteiger partial charge in [0.2, 0.25) is 0 Å². The lowest BCUT2D eigenvalue weighted by Crippen LogP contribution is -2.14. The van der Waals surface area contributed by atoms with E-state index in [1.54, 1.807) is 0 Å². The molecule has 0 saturated carbocycles. The highest BCUT2D eigenvalue weighted by atomic mass is 35.5. The number of benzene rings is 3. The lowest BCUT2D eigenvalue weighted by Gasteiger charge is -2.14. The molecule has 1 aliphatic heterocycles. The lowest BCUT2D eigenvalue weighted by atomic mass is 9.97. The molecule has 3 nitrogen and oxygen atoms in total. The molecule has 0 radical (unpaired) electrons. The zero-order chi connectivity index (χ0) is 24.8. The summed E-state index contributed by atoms with van der Waals surface area (Å²) in [5.74, 6) is 0. The number of aryl methyl sites for hydroxylation is 4. The van der Waals surface area contributed by atoms with Gasteiger partial charge in [0.25, 0.3) is 0 Å². The van der Waals surface area contributed by atoms with Crippen LogP contribution in [0.2, 0.25) is 5.02 Å². The molecular formula is C31H28ClN3S. The SMILES string of the molecule is Cc1ccc(-c2c3c4n(c(-c5ccc(Cl)cc5)cn4c2C(=S)Nc2ccccc2C)CCCC3)cc1. The molecule has 2 aromatic heterocycles. The number of aromatic nitrogens is 2. The second kappa shape index (κ2) is 9.27. The highest BCUT2D eigenvalue weighted by molar-refractivity contribution is 7.81. The van der Waals surface area contributed by atoms with Gasteiger partial charge in [-0.25, -0.2) is 0 Å². The van der Waals surface area contributed by atoms with E-state index in [0.717, 1.165) is 52.8 Å². The number of nitrogens with zero attached hydrogens (tertiary/aromatic N) is 2. The van der Waals surface area contributed by atoms with E-state index in [9.17, 15) is 0 Å². The normalized spacial score (nSPS) is 13.1. The van der Waals surface area contributed by atoms with Crippen LogP contribution in [0.1, 0.15) is 35.2 Å². The van der Waals surface area contributed by atoms with E-state index in [0.29, 0.717) is 0 Å². The van der Waals surface area contributed by atoms with Crippen LogP contribution in [0.5, 0.6) is 0 Å². The maximum atomic E-state index is 6.21. The van der Waals surface area contributed by atoms with Gasteiger partial charge < -0.3 is 9.88 Å². The lowest BCUT2D eigenvalue weighted by molar-refractivity contribution is 0.647. The van der Waals surface area contributed by atoms with Crippen molar-refractivity contribution in [1.82, 2.24) is 8.97 Å². The Bertz CT molecular complexity index is 1590. The van der Waals surface area contributed by atoms with Crippen LogP contribution in [0.15, 0.2) is 79.0 Å². The summed E-state index contributed by atoms with van der Waals surface area (Å²) in [7, 11) is 0. The molecule has 5 heteroatoms. The molecule has 0 bridgehead atoms. The van der Waals surface area contributed by atoms with Crippen molar-refractivity contribution in [2.75, 3.05) is 5.32 Å². The van der Waals surface area contributed by atoms with Gasteiger partial charge in [-0.1, -0.05) is 84.0 Å². The standard InChI is InChI=1S/C31H28ClN3S/c1-20-10-12-23(13-11-20)28-25-8-5-6-18-34-27(22-14-16-24(32)17-15-22)19-35(31(25)34)29(28)30(36)33-26-9-4-3-7-21(26)2/h3-4,7,9-17,19H,5-6,8,18H2,1-2H3,(H,33,36). The van der Waals surface area contributed by atoms with Gasteiger partial charge in [-0.2, -0.15) is 0 Å². The van der Waals surface area contributed by atoms with Crippen LogP contribution in [0.4, 0.5) is 5.69 Å². The van der Waals surface area contributed by atoms with Crippen LogP contribution >= 0.6 is 23.8 Å². The Labute approximate surface area is 222 Å². The third-order valence-electron chi connectivity index (χ3n) is 7.22. The highest BCUT2D eigenvalue weighted by Gasteiger charge is 2.28. The smallest absolute Gasteiger partial charge is 0.128 e. The fourth-order valence-corrected chi connectivity index (χ4v) is 5.82. The van der Waals surface area contributed by atoms with Crippen molar-refractivity contribution >= 4 is 40.1 Å². The van der Waals surface area contributed by atoms with Crippen LogP contribution in [0, 0.1) is 13.8 Å². The van der Waals surface area contributed by atoms with Crippen molar-refractivity contribution < 1.29 is 0 Å². The molecule has 0 saturated heterocycles. The summed E-state index contributed by atoms with van der Waals surface area (Å²) < 4.78 is 4.80. The molecule has 36 heavy (non-hydrogen) atoms. The Morgan fingerprint density at radius 3 is 2.36 bits per heavy atom. The molecule has 0 unspecified atom stereocenters. The van der Waals surface area contributed by atoms with Gasteiger partial charge in [0, 0.05) is 34.6 Å². The zero-order valence-corrected chi connectivity index (χ0v) is 22.1. The van der Waals surface area contributed by atoms with Crippen molar-refractivity contribution in [2.24, 2.45) is 0 Å². The number of thiocarbonyl (C=S) groups is 1. The van der Waals surface area contributed by atoms with Crippen LogP contribution in [0.3, 0.4) is 0 Å². The quantitative estimate of drug-likeness (QED) is 0.245. The highest BCUT2D eigenvalue weighted by Crippen LogP contribution is 2.40. The van der Waals surface area contributed by atoms with Crippen LogP contribution in [-0.2, 0) is 13.0 Å². The Hall–Kier alpha value is -3.34. The molecule has 180 valence electrons. The minimum Gasteiger partial charge on any atom is -0.345 e. The van der Waals surface area contributed by atoms with Crippen molar-refractivity contribution in [3.05, 3.63) is 106 Å². The number of anilines is 1. The van der Waals surface area contributed by atoms with E-state index in [-0.39, 0.29) is 0 Å². The van der Waals surface area contributed by atoms with E-state index in [1.807, 2.05) is 18.2 Å². The third-order valence-corrected chi connectivity index (χ3v) is 7.77. The van der Waals surface area contributed by atoms with Crippen molar-refractivity contribution in [3.63, 3.8) is 0 Å². The third kappa shape index (κ3) is 3.95. The monoisotopic (exact) mass is 509 g/mol. The fourth-order valence-electron chi connectivity index (χ4n) is 5.39. The summed E-state index contributed by atoms with van der Waals surface area (Å²) in [6.07, 6.45) is 5.59. The molecule has 0 atom stereocenters. The topological polar surface area (TPSA) is 21.4 Å². The van der Waals surface area contributed by atoms with Gasteiger partial charge in [-0.3, -0.25) is 4.40 Å². The molecule has 0 spiro atoms. The molecule has 3 heterocycles. The molecule has 6 rings (SSSR count). The van der Waals surface area contributed by atoms with Gasteiger partial charge in [-0.15, -0.1) is 0 Å². The molecule has 1 aliphatic rings. The molecule has 0 aliphatic carbocycles. The first-order chi connectivity index (χ1) is 17.5. The first kappa shape index (κ1) is 23.1. The molecule has 1 N–H and O–H groups in total. The van der Waals surface area contributed by atoms with E-state index >= 15 is 0 Å². The minimum absolute atomic E-state index is 0.738. The number of halogens is 1. The first-order valence-corrected chi connectivity index (χ1v) is 13.3. The van der Waals surface area contributed by atoms with Gasteiger partial charge in [0.1, 0.15) is 10.6 Å². The number of imidazole rings is 1. The number of hydrogen-bond acceptors (Lipinski definition) is 1. The Balaban J connectivity index is 1.62. The fraction of sp³-hybridized carbons (Fsp3) is 0.194. The number of hydrogen-bond donors (Lipinski definition) is 1. The van der Waals surface area contributed by atoms with E-state index in [4.69, 9.17) is 23.8 Å². The van der Waals surface area contributed by atoms with Gasteiger partial charge in [-0.05, 0) is 68.0 Å². The predicted molar refractivity (Wildman–Crippen MR) is 155 cm³/mol. The number of rotatable bonds is 4. The second-order valence-corrected chi connectivity index (χ2v) is 10.5. The summed E-state index contributed by atoms with van der Waals surface area (Å²) in [5.41, 5.74) is 12.0. The van der Waals surface area contributed by atoms with Gasteiger partial charge in [0.05, 0.1) is 11.4 Å². The summed E-state index contributed by atoms with van der Waals surface area (Å²) in [6, 6.07) is 25.3. The Morgan fingerprint density at radius 1 is 0.889 bits per heavy atom. The zero-order valence-electron chi connectivity index (χ0n) is 20.5. The first-order valence-electron chi connectivity index (χ1n) is 12.5. The Kier molecular flexibility index (Phi) is 5.94. The minimum atomic E-state index is 0.738. The van der Waals surface area contributed by atoms with Gasteiger partial charge in [0.15, 0.2) is 0 Å². The predicted octanol–water partition coefficient (Wildman–Crippen LogP) is 8.47. The van der Waals surface area contributed by atoms with Crippen LogP contribution in [0.25, 0.3) is 28.0 Å². The van der Waals surface area contributed by atoms with Crippen molar-refractivity contribution in [1.29, 1.82) is 0 Å². The van der Waals surface area contributed by atoms with Crippen LogP contribution < -0.4 is 5.32 Å². The summed E-state index contributed by atoms with van der Waals surface area (Å²) in [5, 5.41) is 4.32. The average molecular weight is 510 g/mol.